The van der Waals surface area contributed by atoms with Gasteiger partial charge in [-0.15, -0.1) is 0 Å². The Morgan fingerprint density at radius 2 is 2.00 bits per heavy atom. The lowest BCUT2D eigenvalue weighted by Crippen LogP contribution is -2.40. The summed E-state index contributed by atoms with van der Waals surface area (Å²) in [6, 6.07) is -0.674. The second-order valence-corrected chi connectivity index (χ2v) is 4.55. The molecule has 1 heterocycles. The fourth-order valence-electron chi connectivity index (χ4n) is 1.76. The molecule has 106 valence electrons. The van der Waals surface area contributed by atoms with E-state index >= 15 is 0 Å². The highest BCUT2D eigenvalue weighted by Crippen LogP contribution is 2.20. The number of hydrogen-bond donors (Lipinski definition) is 3. The number of rotatable bonds is 5. The van der Waals surface area contributed by atoms with Crippen LogP contribution in [0.15, 0.2) is 4.52 Å². The Balaban J connectivity index is 2.51. The summed E-state index contributed by atoms with van der Waals surface area (Å²) >= 11 is 0. The highest BCUT2D eigenvalue weighted by molar-refractivity contribution is 5.76. The van der Waals surface area contributed by atoms with E-state index < -0.39 is 17.9 Å². The van der Waals surface area contributed by atoms with E-state index in [4.69, 9.17) is 9.63 Å². The van der Waals surface area contributed by atoms with Gasteiger partial charge in [-0.2, -0.15) is 0 Å². The number of nitrogens with one attached hydrogen (secondary N) is 2. The molecule has 1 rings (SSSR count). The molecule has 3 N–H and O–H groups in total. The molecule has 7 heteroatoms. The second-order valence-electron chi connectivity index (χ2n) is 4.55. The molecule has 0 fully saturated rings. The lowest BCUT2D eigenvalue weighted by atomic mass is 10.1. The molecule has 2 unspecified atom stereocenters. The lowest BCUT2D eigenvalue weighted by molar-refractivity contribution is -0.140. The first-order valence-corrected chi connectivity index (χ1v) is 6.02. The Kier molecular flexibility index (Phi) is 4.91. The van der Waals surface area contributed by atoms with E-state index in [-0.39, 0.29) is 12.6 Å². The zero-order chi connectivity index (χ0) is 14.6. The maximum Gasteiger partial charge on any atom is 0.315 e. The van der Waals surface area contributed by atoms with Gasteiger partial charge in [-0.3, -0.25) is 4.79 Å². The van der Waals surface area contributed by atoms with Crippen molar-refractivity contribution >= 4 is 12.0 Å². The summed E-state index contributed by atoms with van der Waals surface area (Å²) in [5.41, 5.74) is 1.56. The van der Waals surface area contributed by atoms with Gasteiger partial charge in [-0.25, -0.2) is 4.79 Å². The van der Waals surface area contributed by atoms with E-state index in [1.54, 1.807) is 13.8 Å². The van der Waals surface area contributed by atoms with Crippen LogP contribution in [0.2, 0.25) is 0 Å². The van der Waals surface area contributed by atoms with Gasteiger partial charge < -0.3 is 20.3 Å². The normalized spacial score (nSPS) is 13.7. The summed E-state index contributed by atoms with van der Waals surface area (Å²) in [5, 5.41) is 17.8. The van der Waals surface area contributed by atoms with Crippen molar-refractivity contribution in [2.45, 2.75) is 33.7 Å². The van der Waals surface area contributed by atoms with Crippen LogP contribution in [0.25, 0.3) is 0 Å². The molecule has 1 aromatic rings. The molecule has 0 saturated heterocycles. The number of aryl methyl sites for hydroxylation is 2. The van der Waals surface area contributed by atoms with Crippen molar-refractivity contribution < 1.29 is 19.2 Å². The molecule has 0 aromatic carbocycles. The van der Waals surface area contributed by atoms with E-state index in [1.165, 1.54) is 6.92 Å². The average Bonchev–Trinajstić information content (AvgIpc) is 2.65. The number of urea groups is 1. The Labute approximate surface area is 111 Å². The number of amides is 2. The molecule has 1 aromatic heterocycles. The molecule has 2 amide bonds. The number of nitrogens with zero attached hydrogens (tertiary/aromatic N) is 1. The molecule has 0 bridgehead atoms. The summed E-state index contributed by atoms with van der Waals surface area (Å²) < 4.78 is 5.03. The highest BCUT2D eigenvalue weighted by Gasteiger charge is 2.19. The van der Waals surface area contributed by atoms with Gasteiger partial charge in [-0.1, -0.05) is 12.1 Å². The number of aromatic nitrogens is 1. The molecule has 0 aliphatic heterocycles. The van der Waals surface area contributed by atoms with Gasteiger partial charge in [0.15, 0.2) is 0 Å². The van der Waals surface area contributed by atoms with Crippen LogP contribution in [-0.2, 0) is 4.79 Å². The molecule has 0 saturated carbocycles. The molecule has 0 radical (unpaired) electrons. The topological polar surface area (TPSA) is 104 Å². The van der Waals surface area contributed by atoms with E-state index in [9.17, 15) is 9.59 Å². The van der Waals surface area contributed by atoms with Crippen molar-refractivity contribution in [3.8, 4) is 0 Å². The summed E-state index contributed by atoms with van der Waals surface area (Å²) in [4.78, 5) is 22.2. The van der Waals surface area contributed by atoms with Crippen LogP contribution in [0.3, 0.4) is 0 Å². The van der Waals surface area contributed by atoms with Gasteiger partial charge in [0, 0.05) is 12.1 Å². The smallest absolute Gasteiger partial charge is 0.315 e. The second kappa shape index (κ2) is 6.21. The van der Waals surface area contributed by atoms with Gasteiger partial charge in [0.2, 0.25) is 0 Å². The molecule has 19 heavy (non-hydrogen) atoms. The van der Waals surface area contributed by atoms with Crippen molar-refractivity contribution in [2.75, 3.05) is 6.54 Å². The van der Waals surface area contributed by atoms with Crippen LogP contribution >= 0.6 is 0 Å². The van der Waals surface area contributed by atoms with Gasteiger partial charge in [0.05, 0.1) is 17.7 Å². The van der Waals surface area contributed by atoms with Gasteiger partial charge in [0.1, 0.15) is 5.76 Å². The number of carboxylic acids is 1. The zero-order valence-corrected chi connectivity index (χ0v) is 11.5. The minimum atomic E-state index is -0.945. The average molecular weight is 269 g/mol. The number of carbonyl (C=O) groups excluding carboxylic acids is 1. The van der Waals surface area contributed by atoms with Crippen molar-refractivity contribution in [2.24, 2.45) is 5.92 Å². The molecular formula is C12H19N3O4. The first-order valence-electron chi connectivity index (χ1n) is 6.02. The zero-order valence-electron chi connectivity index (χ0n) is 11.5. The first-order chi connectivity index (χ1) is 8.82. The summed E-state index contributed by atoms with van der Waals surface area (Å²) in [5.74, 6) is -0.914. The van der Waals surface area contributed by atoms with Gasteiger partial charge >= 0.3 is 12.0 Å². The van der Waals surface area contributed by atoms with Crippen LogP contribution in [-0.4, -0.2) is 28.8 Å². The maximum atomic E-state index is 11.6. The van der Waals surface area contributed by atoms with Crippen LogP contribution in [0.1, 0.15) is 36.9 Å². The van der Waals surface area contributed by atoms with Crippen molar-refractivity contribution in [1.29, 1.82) is 0 Å². The molecule has 0 aliphatic carbocycles. The van der Waals surface area contributed by atoms with Gasteiger partial charge in [-0.05, 0) is 20.8 Å². The van der Waals surface area contributed by atoms with Crippen LogP contribution < -0.4 is 10.6 Å². The minimum absolute atomic E-state index is 0.0789. The molecule has 0 aliphatic rings. The van der Waals surface area contributed by atoms with E-state index in [0.717, 1.165) is 11.3 Å². The fourth-order valence-corrected chi connectivity index (χ4v) is 1.76. The van der Waals surface area contributed by atoms with Crippen molar-refractivity contribution in [1.82, 2.24) is 15.8 Å². The predicted octanol–water partition coefficient (Wildman–Crippen LogP) is 1.37. The minimum Gasteiger partial charge on any atom is -0.481 e. The lowest BCUT2D eigenvalue weighted by Gasteiger charge is -2.15. The van der Waals surface area contributed by atoms with E-state index in [1.807, 2.05) is 6.92 Å². The number of aliphatic carboxylic acids is 1. The number of hydrogen-bond acceptors (Lipinski definition) is 4. The molecule has 0 spiro atoms. The molecule has 2 atom stereocenters. The first kappa shape index (κ1) is 15.0. The summed E-state index contributed by atoms with van der Waals surface area (Å²) in [6.07, 6.45) is 0. The summed E-state index contributed by atoms with van der Waals surface area (Å²) in [6.45, 7) is 6.99. The standard InChI is InChI=1S/C12H19N3O4/c1-6(11(16)17)5-13-12(18)14-7(2)10-8(3)15-19-9(10)4/h6-7H,5H2,1-4H3,(H,16,17)(H2,13,14,18). The third kappa shape index (κ3) is 3.97. The largest absolute Gasteiger partial charge is 0.481 e. The Morgan fingerprint density at radius 1 is 1.37 bits per heavy atom. The maximum absolute atomic E-state index is 11.6. The van der Waals surface area contributed by atoms with Crippen LogP contribution in [0.4, 0.5) is 4.79 Å². The van der Waals surface area contributed by atoms with Gasteiger partial charge in [0.25, 0.3) is 0 Å². The molecular weight excluding hydrogens is 250 g/mol. The number of carboxylic acid groups (broad SMARTS) is 1. The van der Waals surface area contributed by atoms with E-state index in [0.29, 0.717) is 5.76 Å². The monoisotopic (exact) mass is 269 g/mol. The van der Waals surface area contributed by atoms with Crippen molar-refractivity contribution in [3.63, 3.8) is 0 Å². The highest BCUT2D eigenvalue weighted by atomic mass is 16.5. The number of carbonyl (C=O) groups is 2. The third-order valence-electron chi connectivity index (χ3n) is 2.86. The SMILES string of the molecule is Cc1noc(C)c1C(C)NC(=O)NCC(C)C(=O)O. The van der Waals surface area contributed by atoms with Crippen LogP contribution in [0, 0.1) is 19.8 Å². The Bertz CT molecular complexity index is 450. The third-order valence-corrected chi connectivity index (χ3v) is 2.86. The Morgan fingerprint density at radius 3 is 2.47 bits per heavy atom. The van der Waals surface area contributed by atoms with Crippen molar-refractivity contribution in [3.05, 3.63) is 17.0 Å². The predicted molar refractivity (Wildman–Crippen MR) is 67.7 cm³/mol. The summed E-state index contributed by atoms with van der Waals surface area (Å²) in [7, 11) is 0. The fraction of sp³-hybridized carbons (Fsp3) is 0.583. The molecule has 7 nitrogen and oxygen atoms in total. The van der Waals surface area contributed by atoms with E-state index in [2.05, 4.69) is 15.8 Å². The van der Waals surface area contributed by atoms with Crippen LogP contribution in [0.5, 0.6) is 0 Å². The Hall–Kier alpha value is -2.05. The quantitative estimate of drug-likeness (QED) is 0.749.